The van der Waals surface area contributed by atoms with Gasteiger partial charge >= 0.3 is 0 Å². The number of halogens is 1. The van der Waals surface area contributed by atoms with Gasteiger partial charge in [0, 0.05) is 19.7 Å². The van der Waals surface area contributed by atoms with Gasteiger partial charge in [-0.25, -0.2) is 0 Å². The Morgan fingerprint density at radius 2 is 2.38 bits per heavy atom. The average Bonchev–Trinajstić information content (AvgIpc) is 2.27. The van der Waals surface area contributed by atoms with Crippen molar-refractivity contribution in [2.75, 3.05) is 32.9 Å². The van der Waals surface area contributed by atoms with E-state index < -0.39 is 6.10 Å². The van der Waals surface area contributed by atoms with Gasteiger partial charge in [0.25, 0.3) is 0 Å². The number of β-amino-alcohol motifs (C(OH)–C–C–N with tert-alkyl or cyclic N) is 1. The SMILES string of the molecule is CCOC[C@H]1OCCNC[C@@H]1O.Cl. The molecule has 0 aromatic rings. The molecule has 0 unspecified atom stereocenters. The largest absolute Gasteiger partial charge is 0.389 e. The van der Waals surface area contributed by atoms with Crippen molar-refractivity contribution in [2.24, 2.45) is 0 Å². The highest BCUT2D eigenvalue weighted by molar-refractivity contribution is 5.85. The first-order chi connectivity index (χ1) is 5.84. The number of rotatable bonds is 3. The minimum Gasteiger partial charge on any atom is -0.389 e. The van der Waals surface area contributed by atoms with E-state index in [9.17, 15) is 5.11 Å². The number of nitrogens with one attached hydrogen (secondary N) is 1. The first-order valence-electron chi connectivity index (χ1n) is 4.42. The summed E-state index contributed by atoms with van der Waals surface area (Å²) in [4.78, 5) is 0. The van der Waals surface area contributed by atoms with Crippen molar-refractivity contribution in [1.29, 1.82) is 0 Å². The third kappa shape index (κ3) is 4.78. The Balaban J connectivity index is 0.00000144. The predicted octanol–water partition coefficient (Wildman–Crippen LogP) is -0.206. The van der Waals surface area contributed by atoms with Crippen LogP contribution in [-0.4, -0.2) is 50.2 Å². The van der Waals surface area contributed by atoms with Crippen molar-refractivity contribution in [2.45, 2.75) is 19.1 Å². The van der Waals surface area contributed by atoms with Gasteiger partial charge in [0.05, 0.1) is 19.3 Å². The highest BCUT2D eigenvalue weighted by atomic mass is 35.5. The first-order valence-corrected chi connectivity index (χ1v) is 4.42. The lowest BCUT2D eigenvalue weighted by Crippen LogP contribution is -2.37. The molecule has 1 heterocycles. The van der Waals surface area contributed by atoms with Crippen molar-refractivity contribution >= 4 is 12.4 Å². The molecule has 1 fully saturated rings. The summed E-state index contributed by atoms with van der Waals surface area (Å²) < 4.78 is 10.6. The Kier molecular flexibility index (Phi) is 7.60. The van der Waals surface area contributed by atoms with Crippen molar-refractivity contribution in [3.63, 3.8) is 0 Å². The molecule has 80 valence electrons. The van der Waals surface area contributed by atoms with Crippen LogP contribution in [0.15, 0.2) is 0 Å². The second kappa shape index (κ2) is 7.53. The Morgan fingerprint density at radius 1 is 1.62 bits per heavy atom. The maximum atomic E-state index is 9.51. The van der Waals surface area contributed by atoms with Crippen molar-refractivity contribution in [3.8, 4) is 0 Å². The molecule has 0 bridgehead atoms. The molecule has 2 atom stereocenters. The molecular weight excluding hydrogens is 194 g/mol. The molecule has 0 aliphatic carbocycles. The van der Waals surface area contributed by atoms with Crippen LogP contribution in [0.25, 0.3) is 0 Å². The minimum atomic E-state index is -0.445. The lowest BCUT2D eigenvalue weighted by Gasteiger charge is -2.19. The lowest BCUT2D eigenvalue weighted by atomic mass is 10.2. The first kappa shape index (κ1) is 13.1. The van der Waals surface area contributed by atoms with Crippen LogP contribution in [0.1, 0.15) is 6.92 Å². The van der Waals surface area contributed by atoms with Crippen LogP contribution in [0.5, 0.6) is 0 Å². The number of aliphatic hydroxyl groups is 1. The topological polar surface area (TPSA) is 50.7 Å². The van der Waals surface area contributed by atoms with Gasteiger partial charge in [0.15, 0.2) is 0 Å². The van der Waals surface area contributed by atoms with E-state index in [0.29, 0.717) is 26.4 Å². The van der Waals surface area contributed by atoms with Gasteiger partial charge in [-0.1, -0.05) is 0 Å². The maximum Gasteiger partial charge on any atom is 0.108 e. The molecule has 0 radical (unpaired) electrons. The van der Waals surface area contributed by atoms with Gasteiger partial charge in [0.2, 0.25) is 0 Å². The number of ether oxygens (including phenoxy) is 2. The molecule has 1 saturated heterocycles. The smallest absolute Gasteiger partial charge is 0.108 e. The van der Waals surface area contributed by atoms with E-state index in [4.69, 9.17) is 9.47 Å². The molecule has 0 spiro atoms. The third-order valence-corrected chi connectivity index (χ3v) is 1.88. The van der Waals surface area contributed by atoms with E-state index >= 15 is 0 Å². The van der Waals surface area contributed by atoms with E-state index in [1.54, 1.807) is 0 Å². The summed E-state index contributed by atoms with van der Waals surface area (Å²) in [5.74, 6) is 0. The van der Waals surface area contributed by atoms with Gasteiger partial charge < -0.3 is 19.9 Å². The number of hydrogen-bond donors (Lipinski definition) is 2. The van der Waals surface area contributed by atoms with Crippen LogP contribution in [0.2, 0.25) is 0 Å². The van der Waals surface area contributed by atoms with E-state index in [2.05, 4.69) is 5.32 Å². The Labute approximate surface area is 85.0 Å². The molecular formula is C8H18ClNO3. The van der Waals surface area contributed by atoms with Crippen molar-refractivity contribution in [1.82, 2.24) is 5.32 Å². The van der Waals surface area contributed by atoms with Crippen molar-refractivity contribution < 1.29 is 14.6 Å². The van der Waals surface area contributed by atoms with Crippen LogP contribution in [-0.2, 0) is 9.47 Å². The fourth-order valence-corrected chi connectivity index (χ4v) is 1.17. The van der Waals surface area contributed by atoms with Gasteiger partial charge in [-0.3, -0.25) is 0 Å². The monoisotopic (exact) mass is 211 g/mol. The third-order valence-electron chi connectivity index (χ3n) is 1.88. The summed E-state index contributed by atoms with van der Waals surface area (Å²) in [5, 5.41) is 12.6. The number of hydrogen-bond acceptors (Lipinski definition) is 4. The molecule has 2 N–H and O–H groups in total. The van der Waals surface area contributed by atoms with E-state index in [-0.39, 0.29) is 18.5 Å². The number of aliphatic hydroxyl groups excluding tert-OH is 1. The van der Waals surface area contributed by atoms with E-state index in [0.717, 1.165) is 6.54 Å². The van der Waals surface area contributed by atoms with Gasteiger partial charge in [-0.05, 0) is 6.92 Å². The lowest BCUT2D eigenvalue weighted by molar-refractivity contribution is -0.0634. The molecule has 1 aliphatic heterocycles. The van der Waals surface area contributed by atoms with Crippen molar-refractivity contribution in [3.05, 3.63) is 0 Å². The van der Waals surface area contributed by atoms with E-state index in [1.165, 1.54) is 0 Å². The van der Waals surface area contributed by atoms with Crippen LogP contribution in [0.4, 0.5) is 0 Å². The van der Waals surface area contributed by atoms with Crippen LogP contribution < -0.4 is 5.32 Å². The molecule has 0 saturated carbocycles. The normalized spacial score (nSPS) is 29.1. The average molecular weight is 212 g/mol. The molecule has 0 aromatic carbocycles. The Morgan fingerprint density at radius 3 is 3.08 bits per heavy atom. The van der Waals surface area contributed by atoms with Gasteiger partial charge in [-0.2, -0.15) is 0 Å². The summed E-state index contributed by atoms with van der Waals surface area (Å²) in [6, 6.07) is 0. The summed E-state index contributed by atoms with van der Waals surface area (Å²) in [6.07, 6.45) is -0.612. The molecule has 0 aromatic heterocycles. The summed E-state index contributed by atoms with van der Waals surface area (Å²) in [7, 11) is 0. The summed E-state index contributed by atoms with van der Waals surface area (Å²) >= 11 is 0. The fraction of sp³-hybridized carbons (Fsp3) is 1.00. The second-order valence-electron chi connectivity index (χ2n) is 2.84. The fourth-order valence-electron chi connectivity index (χ4n) is 1.17. The second-order valence-corrected chi connectivity index (χ2v) is 2.84. The zero-order valence-electron chi connectivity index (χ0n) is 7.86. The minimum absolute atomic E-state index is 0. The summed E-state index contributed by atoms with van der Waals surface area (Å²) in [5.41, 5.74) is 0. The van der Waals surface area contributed by atoms with Gasteiger partial charge in [-0.15, -0.1) is 12.4 Å². The summed E-state index contributed by atoms with van der Waals surface area (Å²) in [6.45, 7) is 5.13. The van der Waals surface area contributed by atoms with Crippen LogP contribution in [0, 0.1) is 0 Å². The molecule has 1 rings (SSSR count). The highest BCUT2D eigenvalue weighted by Gasteiger charge is 2.21. The molecule has 4 nitrogen and oxygen atoms in total. The molecule has 13 heavy (non-hydrogen) atoms. The maximum absolute atomic E-state index is 9.51. The van der Waals surface area contributed by atoms with Crippen LogP contribution in [0.3, 0.4) is 0 Å². The van der Waals surface area contributed by atoms with E-state index in [1.807, 2.05) is 6.92 Å². The standard InChI is InChI=1S/C8H17NO3.ClH/c1-2-11-6-8-7(10)5-9-3-4-12-8;/h7-10H,2-6H2,1H3;1H/t7-,8+;/m0./s1. The van der Waals surface area contributed by atoms with Gasteiger partial charge in [0.1, 0.15) is 6.10 Å². The Bertz CT molecular complexity index is 126. The molecule has 1 aliphatic rings. The molecule has 5 heteroatoms. The zero-order chi connectivity index (χ0) is 8.81. The quantitative estimate of drug-likeness (QED) is 0.679. The zero-order valence-corrected chi connectivity index (χ0v) is 8.68. The predicted molar refractivity (Wildman–Crippen MR) is 52.4 cm³/mol. The van der Waals surface area contributed by atoms with Crippen LogP contribution >= 0.6 is 12.4 Å². The Hall–Kier alpha value is 0.130. The molecule has 0 amide bonds. The highest BCUT2D eigenvalue weighted by Crippen LogP contribution is 2.02.